The molecule has 0 aromatic rings. The van der Waals surface area contributed by atoms with Gasteiger partial charge in [0.25, 0.3) is 0 Å². The lowest BCUT2D eigenvalue weighted by Gasteiger charge is -2.29. The highest BCUT2D eigenvalue weighted by Gasteiger charge is 2.38. The van der Waals surface area contributed by atoms with Crippen molar-refractivity contribution in [1.29, 1.82) is 10.8 Å². The van der Waals surface area contributed by atoms with E-state index < -0.39 is 348 Å². The summed E-state index contributed by atoms with van der Waals surface area (Å²) in [5.74, 6) is -31.8. The van der Waals surface area contributed by atoms with E-state index in [4.69, 9.17) is 43.3 Å². The van der Waals surface area contributed by atoms with Gasteiger partial charge in [0.1, 0.15) is 66.5 Å². The molecule has 17 amide bonds. The maximum absolute atomic E-state index is 14.5. The Balaban J connectivity index is 6.83. The summed E-state index contributed by atoms with van der Waals surface area (Å²) in [6.07, 6.45) is -8.99. The summed E-state index contributed by atoms with van der Waals surface area (Å²) in [6.45, 7) is 5.49. The van der Waals surface area contributed by atoms with Gasteiger partial charge in [-0.15, -0.1) is 0 Å². The quantitative estimate of drug-likeness (QED) is 0.0153. The maximum atomic E-state index is 14.5. The van der Waals surface area contributed by atoms with Crippen LogP contribution < -0.4 is 118 Å². The molecule has 0 aliphatic heterocycles. The molecule has 0 rings (SSSR count). The molecular formula is C73H120N24O31. The van der Waals surface area contributed by atoms with E-state index >= 15 is 0 Å². The number of aliphatic carboxylic acids is 7. The second-order valence-electron chi connectivity index (χ2n) is 30.1. The number of hydrogen-bond acceptors (Lipinski definition) is 27. The molecule has 0 aromatic heterocycles. The SMILES string of the molecule is CC(C)C[C@H](NC(=O)[C@H](CCCNC(=N)N)NC(=O)[C@H](CCC(=O)O)NC(=O)[C@H](C)NC(=O)[C@@H](N)CCC(=O)O)C(=O)N[C@@H](CC(C)C)C(=O)N[C@@H](CCC(=O)O)C(=O)N[C@@H](CCC(=O)O)C(=O)N[C@H](C(=O)N[C@@H](CCC(=O)O)C(=O)N[C@@H](CCCNC(=N)N)C(=O)NCC(=O)NCC(=O)NCC(=O)NCC(=O)NCC(=O)NCC(=O)N[C@@H](CC(=O)O)C(=O)O)C(C)C. The van der Waals surface area contributed by atoms with E-state index in [9.17, 15) is 135 Å². The van der Waals surface area contributed by atoms with E-state index in [-0.39, 0.29) is 58.0 Å². The topological polar surface area (TPSA) is 906 Å². The highest BCUT2D eigenvalue weighted by Crippen LogP contribution is 2.15. The largest absolute Gasteiger partial charge is 0.481 e. The molecule has 55 nitrogen and oxygen atoms in total. The first-order valence-corrected chi connectivity index (χ1v) is 40.1. The number of carboxylic acid groups (broad SMARTS) is 7. The van der Waals surface area contributed by atoms with E-state index in [1.165, 1.54) is 20.8 Å². The van der Waals surface area contributed by atoms with Crippen molar-refractivity contribution in [3.63, 3.8) is 0 Å². The molecule has 0 unspecified atom stereocenters. The Kier molecular flexibility index (Phi) is 53.7. The van der Waals surface area contributed by atoms with Crippen LogP contribution in [0.4, 0.5) is 0 Å². The van der Waals surface area contributed by atoms with Crippen LogP contribution in [0, 0.1) is 28.6 Å². The van der Waals surface area contributed by atoms with Crippen LogP contribution in [-0.4, -0.2) is 315 Å². The predicted molar refractivity (Wildman–Crippen MR) is 439 cm³/mol. The third-order valence-corrected chi connectivity index (χ3v) is 17.7. The summed E-state index contributed by atoms with van der Waals surface area (Å²) in [5, 5.41) is 124. The fourth-order valence-electron chi connectivity index (χ4n) is 11.0. The van der Waals surface area contributed by atoms with Crippen molar-refractivity contribution in [3.05, 3.63) is 0 Å². The molecular weight excluding hydrogens is 1710 g/mol. The number of nitrogens with one attached hydrogen (secondary N) is 21. The van der Waals surface area contributed by atoms with Gasteiger partial charge in [-0.25, -0.2) is 4.79 Å². The van der Waals surface area contributed by atoms with Crippen molar-refractivity contribution in [2.45, 2.75) is 230 Å². The van der Waals surface area contributed by atoms with Gasteiger partial charge in [-0.3, -0.25) is 121 Å². The second-order valence-corrected chi connectivity index (χ2v) is 30.1. The maximum Gasteiger partial charge on any atom is 0.326 e. The fourth-order valence-corrected chi connectivity index (χ4v) is 11.0. The summed E-state index contributed by atoms with van der Waals surface area (Å²) in [6, 6.07) is -20.4. The fraction of sp³-hybridized carbons (Fsp3) is 0.644. The van der Waals surface area contributed by atoms with Crippen molar-refractivity contribution in [3.8, 4) is 0 Å². The molecule has 34 N–H and O–H groups in total. The van der Waals surface area contributed by atoms with Gasteiger partial charge in [-0.05, 0) is 95.3 Å². The van der Waals surface area contributed by atoms with Gasteiger partial charge in [-0.1, -0.05) is 41.5 Å². The minimum absolute atomic E-state index is 0.0275. The molecule has 0 bridgehead atoms. The molecule has 12 atom stereocenters. The zero-order valence-corrected chi connectivity index (χ0v) is 71.5. The summed E-state index contributed by atoms with van der Waals surface area (Å²) >= 11 is 0. The minimum atomic E-state index is -1.96. The van der Waals surface area contributed by atoms with Crippen LogP contribution in [0.3, 0.4) is 0 Å². The number of carbonyl (C=O) groups is 24. The van der Waals surface area contributed by atoms with Crippen molar-refractivity contribution in [1.82, 2.24) is 101 Å². The molecule has 0 fully saturated rings. The number of carboxylic acids is 7. The van der Waals surface area contributed by atoms with Crippen LogP contribution in [0.15, 0.2) is 0 Å². The normalized spacial score (nSPS) is 13.6. The van der Waals surface area contributed by atoms with Crippen molar-refractivity contribution in [2.75, 3.05) is 52.4 Å². The van der Waals surface area contributed by atoms with Gasteiger partial charge in [-0.2, -0.15) is 0 Å². The summed E-state index contributed by atoms with van der Waals surface area (Å²) in [5.41, 5.74) is 16.6. The Morgan fingerprint density at radius 2 is 0.547 bits per heavy atom. The molecule has 0 heterocycles. The van der Waals surface area contributed by atoms with Crippen LogP contribution in [0.25, 0.3) is 0 Å². The van der Waals surface area contributed by atoms with Gasteiger partial charge >= 0.3 is 41.8 Å². The molecule has 0 radical (unpaired) electrons. The molecule has 718 valence electrons. The van der Waals surface area contributed by atoms with Crippen LogP contribution in [0.1, 0.15) is 158 Å². The van der Waals surface area contributed by atoms with Gasteiger partial charge < -0.3 is 154 Å². The first-order chi connectivity index (χ1) is 59.7. The van der Waals surface area contributed by atoms with Crippen LogP contribution in [0.2, 0.25) is 0 Å². The lowest BCUT2D eigenvalue weighted by molar-refractivity contribution is -0.147. The Labute approximate surface area is 731 Å². The molecule has 55 heteroatoms. The highest BCUT2D eigenvalue weighted by atomic mass is 16.4. The Bertz CT molecular complexity index is 3960. The average Bonchev–Trinajstić information content (AvgIpc) is 0.851. The van der Waals surface area contributed by atoms with Gasteiger partial charge in [0.05, 0.1) is 51.7 Å². The molecule has 0 saturated carbocycles. The monoisotopic (exact) mass is 1830 g/mol. The predicted octanol–water partition coefficient (Wildman–Crippen LogP) is -11.5. The van der Waals surface area contributed by atoms with Crippen LogP contribution in [0.5, 0.6) is 0 Å². The third kappa shape index (κ3) is 51.8. The average molecular weight is 1830 g/mol. The van der Waals surface area contributed by atoms with E-state index in [2.05, 4.69) is 90.4 Å². The molecule has 0 spiro atoms. The first kappa shape index (κ1) is 114. The lowest BCUT2D eigenvalue weighted by Crippen LogP contribution is -2.61. The molecule has 128 heavy (non-hydrogen) atoms. The lowest BCUT2D eigenvalue weighted by atomic mass is 9.99. The van der Waals surface area contributed by atoms with Gasteiger partial charge in [0.2, 0.25) is 100 Å². The standard InChI is InChI=1S/C73H120N24O31/c1-33(2)24-44(96-69(125)45(25-34(3)4)95-63(119)39(11-9-23-80-73(77)78)91-64(120)40(13-18-54(106)107)89-60(116)36(7)87-61(117)37(74)12-17-53(104)105)68(124)93-41(14-19-55(108)109)65(121)92-43(16-21-57(112)113)67(123)97-59(35(5)6)70(126)94-42(15-20-56(110)111)66(122)90-38(10-8-22-79-72(75)76)62(118)86-31-51(102)84-29-49(100)82-27-47(98)81-28-48(99)83-30-50(101)85-32-52(103)88-46(71(127)128)26-58(114)115/h33-46,59H,8-32,74H2,1-7H3,(H,81,98)(H,82,100)(H,83,99)(H,84,102)(H,85,101)(H,86,118)(H,87,117)(H,88,103)(H,89,116)(H,90,122)(H,91,120)(H,92,121)(H,93,124)(H,94,126)(H,95,119)(H,96,125)(H,97,123)(H,104,105)(H,106,107)(H,108,109)(H,110,111)(H,112,113)(H,114,115)(H,127,128)(H4,75,76,79)(H4,77,78,80)/t36-,37-,38-,39-,40-,41-,42-,43-,44-,45-,46-,59-/m0/s1. The zero-order valence-electron chi connectivity index (χ0n) is 71.5. The van der Waals surface area contributed by atoms with Crippen LogP contribution in [-0.2, 0) is 115 Å². The summed E-state index contributed by atoms with van der Waals surface area (Å²) < 4.78 is 0. The molecule has 0 aliphatic carbocycles. The highest BCUT2D eigenvalue weighted by molar-refractivity contribution is 6.01. The zero-order chi connectivity index (χ0) is 97.8. The molecule has 0 saturated heterocycles. The van der Waals surface area contributed by atoms with Gasteiger partial charge in [0.15, 0.2) is 11.9 Å². The number of nitrogens with two attached hydrogens (primary N) is 3. The van der Waals surface area contributed by atoms with E-state index in [1.807, 2.05) is 10.6 Å². The number of hydrogen-bond donors (Lipinski definition) is 31. The van der Waals surface area contributed by atoms with Crippen LogP contribution >= 0.6 is 0 Å². The second kappa shape index (κ2) is 60.4. The summed E-state index contributed by atoms with van der Waals surface area (Å²) in [7, 11) is 0. The molecule has 0 aromatic carbocycles. The Hall–Kier alpha value is -14.2. The Morgan fingerprint density at radius 3 is 0.852 bits per heavy atom. The van der Waals surface area contributed by atoms with E-state index in [0.717, 1.165) is 0 Å². The minimum Gasteiger partial charge on any atom is -0.481 e. The number of guanidine groups is 2. The van der Waals surface area contributed by atoms with Crippen molar-refractivity contribution >= 4 is 154 Å². The van der Waals surface area contributed by atoms with E-state index in [1.54, 1.807) is 27.7 Å². The third-order valence-electron chi connectivity index (χ3n) is 17.7. The van der Waals surface area contributed by atoms with Crippen molar-refractivity contribution < 1.29 is 151 Å². The van der Waals surface area contributed by atoms with Gasteiger partial charge in [0, 0.05) is 45.2 Å². The van der Waals surface area contributed by atoms with E-state index in [0.29, 0.717) is 0 Å². The number of amides is 17. The molecule has 0 aliphatic rings. The Morgan fingerprint density at radius 1 is 0.273 bits per heavy atom. The number of carbonyl (C=O) groups excluding carboxylic acids is 17. The van der Waals surface area contributed by atoms with Crippen molar-refractivity contribution in [2.24, 2.45) is 35.0 Å². The number of rotatable bonds is 65. The smallest absolute Gasteiger partial charge is 0.326 e. The summed E-state index contributed by atoms with van der Waals surface area (Å²) in [4.78, 5) is 309. The first-order valence-electron chi connectivity index (χ1n) is 40.1.